The number of halogens is 2. The van der Waals surface area contributed by atoms with E-state index < -0.39 is 43.3 Å². The van der Waals surface area contributed by atoms with Crippen molar-refractivity contribution in [2.45, 2.75) is 11.8 Å². The fourth-order valence-electron chi connectivity index (χ4n) is 2.73. The van der Waals surface area contributed by atoms with E-state index in [1.165, 1.54) is 24.3 Å². The molecule has 1 aliphatic heterocycles. The van der Waals surface area contributed by atoms with E-state index in [4.69, 9.17) is 4.74 Å². The second kappa shape index (κ2) is 6.77. The summed E-state index contributed by atoms with van der Waals surface area (Å²) in [5.74, 6) is -2.66. The Morgan fingerprint density at radius 1 is 1.15 bits per heavy atom. The number of anilines is 1. The number of sulfone groups is 1. The van der Waals surface area contributed by atoms with Crippen molar-refractivity contribution in [3.8, 4) is 0 Å². The molecular weight excluding hydrogens is 364 g/mol. The van der Waals surface area contributed by atoms with Crippen LogP contribution in [0.4, 0.5) is 14.5 Å². The maximum atomic E-state index is 14.8. The summed E-state index contributed by atoms with van der Waals surface area (Å²) in [4.78, 5) is 11.8. The summed E-state index contributed by atoms with van der Waals surface area (Å²) in [6.45, 7) is 2.33. The van der Waals surface area contributed by atoms with Gasteiger partial charge < -0.3 is 10.1 Å². The van der Waals surface area contributed by atoms with E-state index in [-0.39, 0.29) is 11.4 Å². The van der Waals surface area contributed by atoms with Gasteiger partial charge in [-0.15, -0.1) is 0 Å². The molecule has 0 spiro atoms. The van der Waals surface area contributed by atoms with Crippen molar-refractivity contribution in [1.29, 1.82) is 0 Å². The lowest BCUT2D eigenvalue weighted by Gasteiger charge is -2.37. The van der Waals surface area contributed by atoms with Crippen LogP contribution in [0.15, 0.2) is 47.4 Å². The zero-order chi connectivity index (χ0) is 18.9. The van der Waals surface area contributed by atoms with Gasteiger partial charge in [0.2, 0.25) is 0 Å². The predicted molar refractivity (Wildman–Crippen MR) is 91.7 cm³/mol. The largest absolute Gasteiger partial charge is 0.380 e. The van der Waals surface area contributed by atoms with E-state index in [1.54, 1.807) is 6.92 Å². The molecule has 5 nitrogen and oxygen atoms in total. The lowest BCUT2D eigenvalue weighted by atomic mass is 9.92. The molecule has 0 aliphatic carbocycles. The van der Waals surface area contributed by atoms with Gasteiger partial charge in [0, 0.05) is 11.1 Å². The fraction of sp³-hybridized carbons (Fsp3) is 0.278. The highest BCUT2D eigenvalue weighted by Crippen LogP contribution is 2.32. The molecule has 0 atom stereocenters. The maximum absolute atomic E-state index is 14.8. The first-order chi connectivity index (χ1) is 12.2. The van der Waals surface area contributed by atoms with Gasteiger partial charge in [0.15, 0.2) is 15.7 Å². The van der Waals surface area contributed by atoms with Crippen molar-refractivity contribution in [1.82, 2.24) is 0 Å². The second-order valence-electron chi connectivity index (χ2n) is 6.64. The molecule has 0 bridgehead atoms. The van der Waals surface area contributed by atoms with Gasteiger partial charge in [-0.05, 0) is 36.4 Å². The fourth-order valence-corrected chi connectivity index (χ4v) is 4.64. The molecule has 1 N–H and O–H groups in total. The molecule has 8 heteroatoms. The first-order valence-corrected chi connectivity index (χ1v) is 9.51. The van der Waals surface area contributed by atoms with Crippen LogP contribution in [0.2, 0.25) is 0 Å². The summed E-state index contributed by atoms with van der Waals surface area (Å²) < 4.78 is 57.8. The lowest BCUT2D eigenvalue weighted by Crippen LogP contribution is -2.45. The third-order valence-electron chi connectivity index (χ3n) is 4.08. The number of benzene rings is 2. The molecule has 1 heterocycles. The molecule has 3 rings (SSSR count). The van der Waals surface area contributed by atoms with Crippen LogP contribution in [0.25, 0.3) is 0 Å². The second-order valence-corrected chi connectivity index (χ2v) is 8.60. The van der Waals surface area contributed by atoms with Crippen LogP contribution in [0, 0.1) is 17.0 Å². The SMILES string of the molecule is CC1(CS(=O)(=O)c2cccc(C(=O)Nc3ccc(F)cc3)c2F)COC1. The van der Waals surface area contributed by atoms with Crippen LogP contribution in [0.1, 0.15) is 17.3 Å². The highest BCUT2D eigenvalue weighted by atomic mass is 32.2. The zero-order valence-corrected chi connectivity index (χ0v) is 14.8. The quantitative estimate of drug-likeness (QED) is 0.864. The number of carbonyl (C=O) groups excluding carboxylic acids is 1. The van der Waals surface area contributed by atoms with Gasteiger partial charge in [-0.25, -0.2) is 17.2 Å². The lowest BCUT2D eigenvalue weighted by molar-refractivity contribution is -0.0870. The number of carbonyl (C=O) groups is 1. The van der Waals surface area contributed by atoms with Crippen molar-refractivity contribution in [2.24, 2.45) is 5.41 Å². The monoisotopic (exact) mass is 381 g/mol. The average molecular weight is 381 g/mol. The van der Waals surface area contributed by atoms with E-state index in [1.807, 2.05) is 0 Å². The third kappa shape index (κ3) is 3.76. The summed E-state index contributed by atoms with van der Waals surface area (Å²) in [6, 6.07) is 8.59. The van der Waals surface area contributed by atoms with E-state index >= 15 is 0 Å². The summed E-state index contributed by atoms with van der Waals surface area (Å²) >= 11 is 0. The number of amides is 1. The number of ether oxygens (including phenoxy) is 1. The van der Waals surface area contributed by atoms with Gasteiger partial charge in [0.1, 0.15) is 10.7 Å². The summed E-state index contributed by atoms with van der Waals surface area (Å²) in [5.41, 5.74) is -0.689. The summed E-state index contributed by atoms with van der Waals surface area (Å²) in [6.07, 6.45) is 0. The molecular formula is C18H17F2NO4S. The van der Waals surface area contributed by atoms with Gasteiger partial charge in [-0.1, -0.05) is 13.0 Å². The Morgan fingerprint density at radius 3 is 2.38 bits per heavy atom. The number of hydrogen-bond donors (Lipinski definition) is 1. The first kappa shape index (κ1) is 18.5. The van der Waals surface area contributed by atoms with Crippen molar-refractivity contribution >= 4 is 21.4 Å². The average Bonchev–Trinajstić information content (AvgIpc) is 2.55. The van der Waals surface area contributed by atoms with Gasteiger partial charge in [0.05, 0.1) is 24.5 Å². The molecule has 0 aromatic heterocycles. The van der Waals surface area contributed by atoms with Crippen molar-refractivity contribution < 1.29 is 26.7 Å². The Labute approximate surface area is 149 Å². The van der Waals surface area contributed by atoms with E-state index in [9.17, 15) is 22.0 Å². The van der Waals surface area contributed by atoms with E-state index in [0.29, 0.717) is 13.2 Å². The number of rotatable bonds is 5. The van der Waals surface area contributed by atoms with Gasteiger partial charge in [-0.3, -0.25) is 4.79 Å². The minimum Gasteiger partial charge on any atom is -0.380 e. The molecule has 1 amide bonds. The molecule has 2 aromatic carbocycles. The number of hydrogen-bond acceptors (Lipinski definition) is 4. The van der Waals surface area contributed by atoms with Gasteiger partial charge >= 0.3 is 0 Å². The van der Waals surface area contributed by atoms with Crippen LogP contribution in [0.5, 0.6) is 0 Å². The van der Waals surface area contributed by atoms with Crippen LogP contribution >= 0.6 is 0 Å². The Morgan fingerprint density at radius 2 is 1.81 bits per heavy atom. The first-order valence-electron chi connectivity index (χ1n) is 7.86. The van der Waals surface area contributed by atoms with Crippen LogP contribution in [0.3, 0.4) is 0 Å². The normalized spacial score (nSPS) is 16.0. The van der Waals surface area contributed by atoms with Gasteiger partial charge in [0.25, 0.3) is 5.91 Å². The Bertz CT molecular complexity index is 938. The highest BCUT2D eigenvalue weighted by molar-refractivity contribution is 7.91. The standard InChI is InChI=1S/C18H17F2NO4S/c1-18(9-25-10-18)11-26(23,24)15-4-2-3-14(16(15)20)17(22)21-13-7-5-12(19)6-8-13/h2-8H,9-11H2,1H3,(H,21,22). The highest BCUT2D eigenvalue weighted by Gasteiger charge is 2.39. The predicted octanol–water partition coefficient (Wildman–Crippen LogP) is 3.03. The van der Waals surface area contributed by atoms with Crippen molar-refractivity contribution in [2.75, 3.05) is 24.3 Å². The Kier molecular flexibility index (Phi) is 4.81. The Hall–Kier alpha value is -2.32. The Balaban J connectivity index is 1.86. The molecule has 0 radical (unpaired) electrons. The van der Waals surface area contributed by atoms with Gasteiger partial charge in [-0.2, -0.15) is 0 Å². The maximum Gasteiger partial charge on any atom is 0.258 e. The molecule has 26 heavy (non-hydrogen) atoms. The minimum absolute atomic E-state index is 0.264. The van der Waals surface area contributed by atoms with Crippen molar-refractivity contribution in [3.63, 3.8) is 0 Å². The molecule has 1 fully saturated rings. The van der Waals surface area contributed by atoms with Crippen molar-refractivity contribution in [3.05, 3.63) is 59.7 Å². The smallest absolute Gasteiger partial charge is 0.258 e. The van der Waals surface area contributed by atoms with E-state index in [0.717, 1.165) is 18.2 Å². The molecule has 0 unspecified atom stereocenters. The minimum atomic E-state index is -3.93. The number of nitrogens with one attached hydrogen (secondary N) is 1. The van der Waals surface area contributed by atoms with Crippen LogP contribution < -0.4 is 5.32 Å². The molecule has 1 saturated heterocycles. The molecule has 0 saturated carbocycles. The molecule has 138 valence electrons. The van der Waals surface area contributed by atoms with E-state index in [2.05, 4.69) is 5.32 Å². The topological polar surface area (TPSA) is 72.5 Å². The molecule has 1 aliphatic rings. The third-order valence-corrected chi connectivity index (χ3v) is 6.15. The summed E-state index contributed by atoms with van der Waals surface area (Å²) in [5, 5.41) is 2.42. The summed E-state index contributed by atoms with van der Waals surface area (Å²) in [7, 11) is -3.93. The van der Waals surface area contributed by atoms with Crippen LogP contribution in [-0.2, 0) is 14.6 Å². The van der Waals surface area contributed by atoms with Crippen LogP contribution in [-0.4, -0.2) is 33.3 Å². The zero-order valence-electron chi connectivity index (χ0n) is 14.0. The molecule has 2 aromatic rings.